The van der Waals surface area contributed by atoms with Crippen LogP contribution in [0.1, 0.15) is 76.0 Å². The molecule has 4 bridgehead atoms. The zero-order valence-electron chi connectivity index (χ0n) is 18.0. The molecule has 6 rings (SSSR count). The van der Waals surface area contributed by atoms with E-state index in [1.165, 1.54) is 38.5 Å². The second kappa shape index (κ2) is 7.74. The molecule has 1 atom stereocenters. The lowest BCUT2D eigenvalue weighted by molar-refractivity contribution is -0.157. The highest BCUT2D eigenvalue weighted by atomic mass is 19.4. The van der Waals surface area contributed by atoms with Gasteiger partial charge in [-0.05, 0) is 94.5 Å². The van der Waals surface area contributed by atoms with Crippen LogP contribution >= 0.6 is 0 Å². The van der Waals surface area contributed by atoms with Crippen LogP contribution in [0.5, 0.6) is 0 Å². The molecule has 1 saturated heterocycles. The van der Waals surface area contributed by atoms with E-state index in [1.54, 1.807) is 0 Å². The number of aromatic nitrogens is 2. The lowest BCUT2D eigenvalue weighted by Crippen LogP contribution is -2.56. The Labute approximate surface area is 180 Å². The number of piperidine rings is 1. The molecule has 172 valence electrons. The predicted molar refractivity (Wildman–Crippen MR) is 106 cm³/mol. The zero-order valence-corrected chi connectivity index (χ0v) is 18.0. The fourth-order valence-corrected chi connectivity index (χ4v) is 7.20. The monoisotopic (exact) mass is 440 g/mol. The van der Waals surface area contributed by atoms with Crippen LogP contribution in [0.25, 0.3) is 0 Å². The summed E-state index contributed by atoms with van der Waals surface area (Å²) in [6, 6.07) is 0.199. The van der Waals surface area contributed by atoms with Crippen molar-refractivity contribution in [1.29, 1.82) is 0 Å². The highest BCUT2D eigenvalue weighted by Crippen LogP contribution is 2.61. The number of amides is 1. The number of carbonyl (C=O) groups is 1. The van der Waals surface area contributed by atoms with Gasteiger partial charge >= 0.3 is 12.1 Å². The summed E-state index contributed by atoms with van der Waals surface area (Å²) < 4.78 is 42.8. The molecule has 0 aromatic carbocycles. The number of nitrogens with zero attached hydrogens (tertiary/aromatic N) is 3. The van der Waals surface area contributed by atoms with Crippen molar-refractivity contribution in [2.24, 2.45) is 23.2 Å². The number of nitrogens with one attached hydrogen (secondary N) is 1. The average molecular weight is 441 g/mol. The van der Waals surface area contributed by atoms with Gasteiger partial charge in [0.25, 0.3) is 0 Å². The number of likely N-dealkylation sites (tertiary alicyclic amines) is 1. The van der Waals surface area contributed by atoms with Gasteiger partial charge in [-0.3, -0.25) is 9.69 Å². The van der Waals surface area contributed by atoms with Crippen molar-refractivity contribution in [2.75, 3.05) is 19.6 Å². The van der Waals surface area contributed by atoms with Crippen LogP contribution in [0.4, 0.5) is 13.2 Å². The van der Waals surface area contributed by atoms with Gasteiger partial charge < -0.3 is 9.73 Å². The highest BCUT2D eigenvalue weighted by molar-refractivity contribution is 5.78. The van der Waals surface area contributed by atoms with Gasteiger partial charge in [0, 0.05) is 12.0 Å². The van der Waals surface area contributed by atoms with Crippen molar-refractivity contribution < 1.29 is 22.4 Å². The first-order valence-corrected chi connectivity index (χ1v) is 11.6. The second-order valence-corrected chi connectivity index (χ2v) is 10.6. The van der Waals surface area contributed by atoms with Gasteiger partial charge in [0.15, 0.2) is 0 Å². The number of hydrogen-bond donors (Lipinski definition) is 1. The van der Waals surface area contributed by atoms with Crippen molar-refractivity contribution in [2.45, 2.75) is 76.4 Å². The van der Waals surface area contributed by atoms with E-state index in [0.29, 0.717) is 32.5 Å². The number of halogens is 3. The summed E-state index contributed by atoms with van der Waals surface area (Å²) in [6.07, 6.45) is 4.55. The van der Waals surface area contributed by atoms with Gasteiger partial charge in [0.1, 0.15) is 0 Å². The normalized spacial score (nSPS) is 34.8. The van der Waals surface area contributed by atoms with E-state index in [2.05, 4.69) is 27.3 Å². The molecule has 31 heavy (non-hydrogen) atoms. The minimum Gasteiger partial charge on any atom is -0.417 e. The van der Waals surface area contributed by atoms with E-state index in [0.717, 1.165) is 17.8 Å². The number of rotatable bonds is 5. The number of carbonyl (C=O) groups excluding carboxylic acids is 1. The molecule has 5 fully saturated rings. The van der Waals surface area contributed by atoms with E-state index >= 15 is 0 Å². The molecule has 6 nitrogen and oxygen atoms in total. The standard InChI is InChI=1S/C22H31F3N4O2/c1-13(21-9-14-6-15(10-21)8-16(7-14)11-21)26-18(30)12-29-4-2-17(3-5-29)19-27-28-20(31-19)22(23,24)25/h13-17H,2-12H2,1H3,(H,26,30)/t13-,14?,15?,16?,21?/m0/s1. The van der Waals surface area contributed by atoms with Crippen LogP contribution < -0.4 is 5.32 Å². The Balaban J connectivity index is 1.11. The Morgan fingerprint density at radius 3 is 2.23 bits per heavy atom. The van der Waals surface area contributed by atoms with Gasteiger partial charge in [-0.2, -0.15) is 13.2 Å². The summed E-state index contributed by atoms with van der Waals surface area (Å²) in [5.41, 5.74) is 0.283. The van der Waals surface area contributed by atoms with Crippen molar-refractivity contribution >= 4 is 5.91 Å². The Kier molecular flexibility index (Phi) is 5.30. The smallest absolute Gasteiger partial charge is 0.417 e. The third-order valence-electron chi connectivity index (χ3n) is 8.37. The Hall–Kier alpha value is -1.64. The first-order valence-electron chi connectivity index (χ1n) is 11.6. The van der Waals surface area contributed by atoms with Crippen molar-refractivity contribution in [3.8, 4) is 0 Å². The number of alkyl halides is 3. The predicted octanol–water partition coefficient (Wildman–Crippen LogP) is 3.99. The summed E-state index contributed by atoms with van der Waals surface area (Å²) in [5.74, 6) is 1.19. The Bertz CT molecular complexity index is 781. The first-order chi connectivity index (χ1) is 14.7. The molecular weight excluding hydrogens is 409 g/mol. The van der Waals surface area contributed by atoms with Crippen LogP contribution in [0.3, 0.4) is 0 Å². The summed E-state index contributed by atoms with van der Waals surface area (Å²) in [5, 5.41) is 10.0. The topological polar surface area (TPSA) is 71.3 Å². The summed E-state index contributed by atoms with van der Waals surface area (Å²) >= 11 is 0. The summed E-state index contributed by atoms with van der Waals surface area (Å²) in [6.45, 7) is 3.78. The van der Waals surface area contributed by atoms with Gasteiger partial charge in [0.05, 0.1) is 6.54 Å². The number of hydrogen-bond acceptors (Lipinski definition) is 5. The van der Waals surface area contributed by atoms with E-state index in [-0.39, 0.29) is 29.2 Å². The average Bonchev–Trinajstić information content (AvgIpc) is 3.18. The van der Waals surface area contributed by atoms with Crippen LogP contribution in [-0.4, -0.2) is 46.7 Å². The maximum absolute atomic E-state index is 12.8. The largest absolute Gasteiger partial charge is 0.470 e. The van der Waals surface area contributed by atoms with Crippen molar-refractivity contribution in [1.82, 2.24) is 20.4 Å². The van der Waals surface area contributed by atoms with Crippen LogP contribution in [0.15, 0.2) is 4.42 Å². The molecule has 1 aliphatic heterocycles. The van der Waals surface area contributed by atoms with E-state index in [4.69, 9.17) is 4.42 Å². The van der Waals surface area contributed by atoms with Crippen molar-refractivity contribution in [3.63, 3.8) is 0 Å². The molecule has 4 aliphatic carbocycles. The molecule has 4 saturated carbocycles. The first kappa shape index (κ1) is 21.2. The van der Waals surface area contributed by atoms with Crippen LogP contribution in [-0.2, 0) is 11.0 Å². The maximum Gasteiger partial charge on any atom is 0.470 e. The molecular formula is C22H31F3N4O2. The zero-order chi connectivity index (χ0) is 21.8. The van der Waals surface area contributed by atoms with Crippen molar-refractivity contribution in [3.05, 3.63) is 11.8 Å². The molecule has 2 heterocycles. The minimum absolute atomic E-state index is 0.0480. The molecule has 5 aliphatic rings. The van der Waals surface area contributed by atoms with Gasteiger partial charge in [-0.15, -0.1) is 10.2 Å². The third-order valence-corrected chi connectivity index (χ3v) is 8.37. The van der Waals surface area contributed by atoms with Gasteiger partial charge in [0.2, 0.25) is 11.8 Å². The Morgan fingerprint density at radius 2 is 1.71 bits per heavy atom. The quantitative estimate of drug-likeness (QED) is 0.750. The highest BCUT2D eigenvalue weighted by Gasteiger charge is 2.53. The summed E-state index contributed by atoms with van der Waals surface area (Å²) in [4.78, 5) is 14.8. The molecule has 9 heteroatoms. The van der Waals surface area contributed by atoms with E-state index < -0.39 is 12.1 Å². The fraction of sp³-hybridized carbons (Fsp3) is 0.864. The molecule has 0 radical (unpaired) electrons. The third kappa shape index (κ3) is 4.22. The fourth-order valence-electron chi connectivity index (χ4n) is 7.20. The van der Waals surface area contributed by atoms with Crippen LogP contribution in [0.2, 0.25) is 0 Å². The van der Waals surface area contributed by atoms with E-state index in [9.17, 15) is 18.0 Å². The maximum atomic E-state index is 12.8. The molecule has 1 aromatic heterocycles. The molecule has 0 unspecified atom stereocenters. The van der Waals surface area contributed by atoms with Gasteiger partial charge in [-0.25, -0.2) is 0 Å². The van der Waals surface area contributed by atoms with E-state index in [1.807, 2.05) is 0 Å². The minimum atomic E-state index is -4.61. The molecule has 0 spiro atoms. The molecule has 1 N–H and O–H groups in total. The van der Waals surface area contributed by atoms with Gasteiger partial charge in [-0.1, -0.05) is 0 Å². The second-order valence-electron chi connectivity index (χ2n) is 10.6. The van der Waals surface area contributed by atoms with Crippen LogP contribution in [0, 0.1) is 23.2 Å². The molecule has 1 aromatic rings. The Morgan fingerprint density at radius 1 is 1.13 bits per heavy atom. The lowest BCUT2D eigenvalue weighted by Gasteiger charge is -2.59. The summed E-state index contributed by atoms with van der Waals surface area (Å²) in [7, 11) is 0. The molecule has 1 amide bonds. The lowest BCUT2D eigenvalue weighted by atomic mass is 9.48. The SMILES string of the molecule is C[C@H](NC(=O)CN1CCC(c2nnc(C(F)(F)F)o2)CC1)C12CC3CC(CC(C3)C1)C2.